The summed E-state index contributed by atoms with van der Waals surface area (Å²) >= 11 is 0. The molecule has 4 aromatic carbocycles. The van der Waals surface area contributed by atoms with Crippen LogP contribution < -0.4 is 0 Å². The van der Waals surface area contributed by atoms with Gasteiger partial charge in [-0.1, -0.05) is 97.0 Å². The predicted molar refractivity (Wildman–Crippen MR) is 197 cm³/mol. The van der Waals surface area contributed by atoms with Gasteiger partial charge < -0.3 is 9.13 Å². The van der Waals surface area contributed by atoms with Crippen molar-refractivity contribution in [3.05, 3.63) is 151 Å². The molecule has 4 heteroatoms. The lowest BCUT2D eigenvalue weighted by Gasteiger charge is -2.13. The molecule has 0 bridgehead atoms. The normalized spacial score (nSPS) is 13.5. The molecule has 0 amide bonds. The summed E-state index contributed by atoms with van der Waals surface area (Å²) in [5, 5.41) is 3.54. The number of hydrogen-bond donors (Lipinski definition) is 0. The summed E-state index contributed by atoms with van der Waals surface area (Å²) in [6.45, 7) is 2.02. The zero-order chi connectivity index (χ0) is 31.7. The molecule has 3 aromatic heterocycles. The van der Waals surface area contributed by atoms with E-state index in [-0.39, 0.29) is 0 Å². The SMILES string of the molecule is C#C/C=C(\C=C/C)n1c2ccccc2c2ccc3c(ccn3-c3cccc(-c4nc(C5=CC=CCC5)cc(-c5ccccc5)n4)c3)c21. The van der Waals surface area contributed by atoms with Gasteiger partial charge in [-0.2, -0.15) is 0 Å². The van der Waals surface area contributed by atoms with Gasteiger partial charge in [-0.15, -0.1) is 6.42 Å². The first-order valence-electron chi connectivity index (χ1n) is 16.0. The van der Waals surface area contributed by atoms with Crippen LogP contribution in [0.4, 0.5) is 0 Å². The Morgan fingerprint density at radius 2 is 1.62 bits per heavy atom. The number of allylic oxidation sites excluding steroid dienone is 8. The zero-order valence-electron chi connectivity index (χ0n) is 26.1. The van der Waals surface area contributed by atoms with Crippen LogP contribution in [0.25, 0.3) is 72.3 Å². The molecule has 4 nitrogen and oxygen atoms in total. The van der Waals surface area contributed by atoms with E-state index in [1.165, 1.54) is 16.3 Å². The van der Waals surface area contributed by atoms with Gasteiger partial charge >= 0.3 is 0 Å². The summed E-state index contributed by atoms with van der Waals surface area (Å²) in [5.41, 5.74) is 10.5. The number of nitrogens with zero attached hydrogens (tertiary/aromatic N) is 4. The molecule has 0 fully saturated rings. The molecule has 47 heavy (non-hydrogen) atoms. The Kier molecular flexibility index (Phi) is 7.21. The molecule has 1 aliphatic rings. The summed E-state index contributed by atoms with van der Waals surface area (Å²) in [7, 11) is 0. The van der Waals surface area contributed by atoms with Gasteiger partial charge in [-0.3, -0.25) is 0 Å². The van der Waals surface area contributed by atoms with Crippen molar-refractivity contribution in [2.45, 2.75) is 19.8 Å². The van der Waals surface area contributed by atoms with Crippen LogP contribution in [0, 0.1) is 12.3 Å². The highest BCUT2D eigenvalue weighted by molar-refractivity contribution is 6.19. The highest BCUT2D eigenvalue weighted by atomic mass is 15.0. The molecular formula is C43H32N4. The average molecular weight is 605 g/mol. The van der Waals surface area contributed by atoms with Gasteiger partial charge in [0.2, 0.25) is 0 Å². The quantitative estimate of drug-likeness (QED) is 0.140. The molecule has 0 spiro atoms. The number of terminal acetylenes is 1. The summed E-state index contributed by atoms with van der Waals surface area (Å²) in [6.07, 6.45) is 22.4. The number of fused-ring (bicyclic) bond motifs is 5. The van der Waals surface area contributed by atoms with Crippen molar-refractivity contribution in [3.8, 4) is 40.7 Å². The first-order valence-corrected chi connectivity index (χ1v) is 16.0. The van der Waals surface area contributed by atoms with Crippen LogP contribution in [-0.4, -0.2) is 19.1 Å². The van der Waals surface area contributed by atoms with Crippen molar-refractivity contribution in [2.75, 3.05) is 0 Å². The molecule has 224 valence electrons. The Morgan fingerprint density at radius 1 is 0.787 bits per heavy atom. The third-order valence-electron chi connectivity index (χ3n) is 8.85. The summed E-state index contributed by atoms with van der Waals surface area (Å²) in [4.78, 5) is 10.2. The van der Waals surface area contributed by atoms with Crippen LogP contribution in [0.2, 0.25) is 0 Å². The molecule has 0 saturated carbocycles. The van der Waals surface area contributed by atoms with E-state index in [4.69, 9.17) is 16.4 Å². The minimum Gasteiger partial charge on any atom is -0.316 e. The number of hydrogen-bond acceptors (Lipinski definition) is 2. The van der Waals surface area contributed by atoms with Gasteiger partial charge in [0.25, 0.3) is 0 Å². The Morgan fingerprint density at radius 3 is 2.45 bits per heavy atom. The van der Waals surface area contributed by atoms with E-state index in [1.807, 2.05) is 25.1 Å². The topological polar surface area (TPSA) is 35.6 Å². The highest BCUT2D eigenvalue weighted by Crippen LogP contribution is 2.38. The van der Waals surface area contributed by atoms with Crippen LogP contribution in [0.3, 0.4) is 0 Å². The number of rotatable bonds is 6. The van der Waals surface area contributed by atoms with Gasteiger partial charge in [0.05, 0.1) is 33.6 Å². The maximum Gasteiger partial charge on any atom is 0.160 e. The van der Waals surface area contributed by atoms with Crippen LogP contribution >= 0.6 is 0 Å². The fourth-order valence-corrected chi connectivity index (χ4v) is 6.72. The molecule has 0 saturated heterocycles. The van der Waals surface area contributed by atoms with Gasteiger partial charge in [0, 0.05) is 45.2 Å². The smallest absolute Gasteiger partial charge is 0.160 e. The molecule has 0 unspecified atom stereocenters. The molecule has 0 atom stereocenters. The lowest BCUT2D eigenvalue weighted by atomic mass is 10.00. The van der Waals surface area contributed by atoms with E-state index in [2.05, 4.69) is 143 Å². The Bertz CT molecular complexity index is 2480. The molecule has 7 aromatic rings. The van der Waals surface area contributed by atoms with Crippen LogP contribution in [0.15, 0.2) is 146 Å². The predicted octanol–water partition coefficient (Wildman–Crippen LogP) is 10.6. The van der Waals surface area contributed by atoms with Gasteiger partial charge in [-0.25, -0.2) is 9.97 Å². The minimum absolute atomic E-state index is 0.716. The number of aromatic nitrogens is 4. The van der Waals surface area contributed by atoms with E-state index in [0.717, 1.165) is 68.7 Å². The van der Waals surface area contributed by atoms with Gasteiger partial charge in [0.1, 0.15) is 0 Å². The largest absolute Gasteiger partial charge is 0.316 e. The zero-order valence-corrected chi connectivity index (χ0v) is 26.1. The fraction of sp³-hybridized carbons (Fsp3) is 0.0698. The molecule has 8 rings (SSSR count). The molecule has 1 aliphatic carbocycles. The van der Waals surface area contributed by atoms with E-state index in [9.17, 15) is 0 Å². The standard InChI is InChI=1S/C43H32N4/c1-3-14-33(15-4-2)47-41-23-12-11-22-35(41)36-24-25-40-37(42(36)47)26-27-46(40)34-21-13-20-32(28-34)43-44-38(30-16-7-5-8-17-30)29-39(45-43)31-18-9-6-10-19-31/h1,4-9,11-18,20-29H,10,19H2,2H3/b15-4-,33-14+. The Labute approximate surface area is 274 Å². The lowest BCUT2D eigenvalue weighted by Crippen LogP contribution is -2.00. The second kappa shape index (κ2) is 12.0. The number of benzene rings is 4. The van der Waals surface area contributed by atoms with Crippen LogP contribution in [-0.2, 0) is 0 Å². The van der Waals surface area contributed by atoms with E-state index in [0.29, 0.717) is 5.82 Å². The lowest BCUT2D eigenvalue weighted by molar-refractivity contribution is 1.03. The first kappa shape index (κ1) is 28.3. The van der Waals surface area contributed by atoms with Crippen molar-refractivity contribution in [1.29, 1.82) is 0 Å². The molecular weight excluding hydrogens is 573 g/mol. The second-order valence-corrected chi connectivity index (χ2v) is 11.7. The minimum atomic E-state index is 0.716. The maximum atomic E-state index is 5.81. The Balaban J connectivity index is 1.30. The first-order chi connectivity index (χ1) is 23.2. The molecule has 3 heterocycles. The second-order valence-electron chi connectivity index (χ2n) is 11.7. The third-order valence-corrected chi connectivity index (χ3v) is 8.85. The molecule has 0 aliphatic heterocycles. The van der Waals surface area contributed by atoms with Crippen molar-refractivity contribution < 1.29 is 0 Å². The third kappa shape index (κ3) is 4.99. The summed E-state index contributed by atoms with van der Waals surface area (Å²) in [5.74, 6) is 3.47. The van der Waals surface area contributed by atoms with Crippen LogP contribution in [0.5, 0.6) is 0 Å². The van der Waals surface area contributed by atoms with Gasteiger partial charge in [-0.05, 0) is 67.8 Å². The van der Waals surface area contributed by atoms with Crippen molar-refractivity contribution in [2.24, 2.45) is 0 Å². The van der Waals surface area contributed by atoms with Crippen molar-refractivity contribution in [1.82, 2.24) is 19.1 Å². The maximum absolute atomic E-state index is 5.81. The van der Waals surface area contributed by atoms with E-state index >= 15 is 0 Å². The fourth-order valence-electron chi connectivity index (χ4n) is 6.72. The summed E-state index contributed by atoms with van der Waals surface area (Å²) < 4.78 is 4.53. The molecule has 0 N–H and O–H groups in total. The Hall–Kier alpha value is -6.18. The van der Waals surface area contributed by atoms with Crippen LogP contribution in [0.1, 0.15) is 25.5 Å². The van der Waals surface area contributed by atoms with Crippen molar-refractivity contribution in [3.63, 3.8) is 0 Å². The summed E-state index contributed by atoms with van der Waals surface area (Å²) in [6, 6.07) is 36.1. The van der Waals surface area contributed by atoms with E-state index < -0.39 is 0 Å². The monoisotopic (exact) mass is 604 g/mol. The van der Waals surface area contributed by atoms with E-state index in [1.54, 1.807) is 0 Å². The number of para-hydroxylation sites is 1. The van der Waals surface area contributed by atoms with Gasteiger partial charge in [0.15, 0.2) is 5.82 Å². The average Bonchev–Trinajstić information content (AvgIpc) is 3.72. The molecule has 0 radical (unpaired) electrons. The highest BCUT2D eigenvalue weighted by Gasteiger charge is 2.18. The van der Waals surface area contributed by atoms with Crippen molar-refractivity contribution >= 4 is 44.0 Å².